The first-order valence-electron chi connectivity index (χ1n) is 5.96. The lowest BCUT2D eigenvalue weighted by atomic mass is 10.0. The molecular formula is C11H16N2O7. The number of nitrogens with one attached hydrogen (secondary N) is 1. The molecule has 9 heteroatoms. The Balaban J connectivity index is 2.61. The fraction of sp³-hybridized carbons (Fsp3) is 0.636. The first-order valence-corrected chi connectivity index (χ1v) is 5.96. The van der Waals surface area contributed by atoms with Crippen LogP contribution in [-0.2, 0) is 10.5 Å². The lowest BCUT2D eigenvalue weighted by Crippen LogP contribution is -2.54. The maximum Gasteiger partial charge on any atom is 0.330 e. The third kappa shape index (κ3) is 2.00. The summed E-state index contributed by atoms with van der Waals surface area (Å²) in [4.78, 5) is 25.2. The number of aryl methyl sites for hydroxylation is 1. The van der Waals surface area contributed by atoms with Gasteiger partial charge in [0.2, 0.25) is 5.72 Å². The van der Waals surface area contributed by atoms with Crippen molar-refractivity contribution in [3.05, 3.63) is 32.6 Å². The van der Waals surface area contributed by atoms with E-state index in [9.17, 15) is 24.9 Å². The van der Waals surface area contributed by atoms with E-state index in [0.29, 0.717) is 0 Å². The third-order valence-electron chi connectivity index (χ3n) is 3.46. The number of aromatic amines is 1. The van der Waals surface area contributed by atoms with Crippen LogP contribution in [0, 0.1) is 6.92 Å². The second kappa shape index (κ2) is 5.11. The lowest BCUT2D eigenvalue weighted by Gasteiger charge is -2.31. The van der Waals surface area contributed by atoms with Crippen LogP contribution in [0.4, 0.5) is 0 Å². The molecule has 1 aromatic rings. The van der Waals surface area contributed by atoms with Crippen molar-refractivity contribution in [2.45, 2.75) is 31.0 Å². The van der Waals surface area contributed by atoms with Gasteiger partial charge >= 0.3 is 5.69 Å². The predicted octanol–water partition coefficient (Wildman–Crippen LogP) is -3.40. The van der Waals surface area contributed by atoms with Gasteiger partial charge in [0, 0.05) is 11.8 Å². The van der Waals surface area contributed by atoms with Gasteiger partial charge in [0.25, 0.3) is 5.56 Å². The molecule has 1 aliphatic heterocycles. The fourth-order valence-electron chi connectivity index (χ4n) is 2.27. The van der Waals surface area contributed by atoms with E-state index < -0.39 is 48.5 Å². The van der Waals surface area contributed by atoms with Gasteiger partial charge in [-0.15, -0.1) is 0 Å². The summed E-state index contributed by atoms with van der Waals surface area (Å²) in [5, 5.41) is 38.4. The van der Waals surface area contributed by atoms with Crippen molar-refractivity contribution in [3.8, 4) is 0 Å². The van der Waals surface area contributed by atoms with Crippen molar-refractivity contribution in [1.29, 1.82) is 0 Å². The van der Waals surface area contributed by atoms with E-state index in [1.807, 2.05) is 4.98 Å². The number of nitrogens with zero attached hydrogens (tertiary/aromatic N) is 1. The smallest absolute Gasteiger partial charge is 0.330 e. The average molecular weight is 288 g/mol. The molecule has 0 bridgehead atoms. The minimum absolute atomic E-state index is 0.162. The zero-order chi connectivity index (χ0) is 15.1. The Bertz CT molecular complexity index is 610. The lowest BCUT2D eigenvalue weighted by molar-refractivity contribution is -0.174. The van der Waals surface area contributed by atoms with Crippen molar-refractivity contribution in [1.82, 2.24) is 9.55 Å². The first kappa shape index (κ1) is 14.9. The van der Waals surface area contributed by atoms with Crippen molar-refractivity contribution in [2.75, 3.05) is 13.2 Å². The zero-order valence-electron chi connectivity index (χ0n) is 10.7. The van der Waals surface area contributed by atoms with Gasteiger partial charge in [-0.2, -0.15) is 0 Å². The van der Waals surface area contributed by atoms with Gasteiger partial charge in [0.1, 0.15) is 18.3 Å². The number of aliphatic hydroxyl groups excluding tert-OH is 4. The van der Waals surface area contributed by atoms with Crippen LogP contribution in [0.2, 0.25) is 0 Å². The quantitative estimate of drug-likeness (QED) is 0.390. The summed E-state index contributed by atoms with van der Waals surface area (Å²) in [6.45, 7) is 0.00527. The normalized spacial score (nSPS) is 33.5. The van der Waals surface area contributed by atoms with E-state index >= 15 is 0 Å². The van der Waals surface area contributed by atoms with E-state index in [-0.39, 0.29) is 5.56 Å². The van der Waals surface area contributed by atoms with Crippen LogP contribution in [0.25, 0.3) is 0 Å². The standard InChI is InChI=1S/C11H16N2O7/c1-5-2-13(10(19)12-9(5)18)11(4-15)8(17)7(16)6(3-14)20-11/h2,6-8,14-17H,3-4H2,1H3,(H,12,18,19)/t6-,7-,8-,11?/m1/s1. The Hall–Kier alpha value is -1.52. The van der Waals surface area contributed by atoms with Crippen molar-refractivity contribution >= 4 is 0 Å². The largest absolute Gasteiger partial charge is 0.394 e. The summed E-state index contributed by atoms with van der Waals surface area (Å²) in [6.07, 6.45) is -3.16. The average Bonchev–Trinajstić information content (AvgIpc) is 2.68. The van der Waals surface area contributed by atoms with Crippen molar-refractivity contribution in [2.24, 2.45) is 0 Å². The summed E-state index contributed by atoms with van der Waals surface area (Å²) in [7, 11) is 0. The van der Waals surface area contributed by atoms with Gasteiger partial charge in [-0.05, 0) is 6.92 Å². The van der Waals surface area contributed by atoms with Gasteiger partial charge in [-0.3, -0.25) is 14.3 Å². The van der Waals surface area contributed by atoms with Gasteiger partial charge in [0.15, 0.2) is 0 Å². The number of aromatic nitrogens is 2. The molecule has 0 amide bonds. The maximum atomic E-state index is 11.9. The highest BCUT2D eigenvalue weighted by Gasteiger charge is 2.55. The number of hydrogen-bond donors (Lipinski definition) is 5. The topological polar surface area (TPSA) is 145 Å². The molecule has 4 atom stereocenters. The molecule has 0 spiro atoms. The van der Waals surface area contributed by atoms with Gasteiger partial charge in [0.05, 0.1) is 13.2 Å². The van der Waals surface area contributed by atoms with Gasteiger partial charge < -0.3 is 25.2 Å². The molecule has 0 aromatic carbocycles. The van der Waals surface area contributed by atoms with Crippen LogP contribution in [0.5, 0.6) is 0 Å². The van der Waals surface area contributed by atoms with E-state index in [4.69, 9.17) is 9.84 Å². The Labute approximate surface area is 112 Å². The molecule has 0 radical (unpaired) electrons. The van der Waals surface area contributed by atoms with Crippen LogP contribution in [0.15, 0.2) is 15.8 Å². The maximum absolute atomic E-state index is 11.9. The van der Waals surface area contributed by atoms with Crippen LogP contribution in [0.1, 0.15) is 5.56 Å². The molecule has 0 saturated carbocycles. The minimum atomic E-state index is -1.96. The van der Waals surface area contributed by atoms with Gasteiger partial charge in [-0.1, -0.05) is 0 Å². The molecule has 9 nitrogen and oxygen atoms in total. The molecule has 1 saturated heterocycles. The summed E-state index contributed by atoms with van der Waals surface area (Å²) in [5.41, 5.74) is -3.31. The Morgan fingerprint density at radius 3 is 2.55 bits per heavy atom. The molecule has 2 heterocycles. The van der Waals surface area contributed by atoms with Crippen LogP contribution < -0.4 is 11.2 Å². The van der Waals surface area contributed by atoms with Crippen LogP contribution in [-0.4, -0.2) is 61.5 Å². The first-order chi connectivity index (χ1) is 9.37. The molecule has 20 heavy (non-hydrogen) atoms. The second-order valence-electron chi connectivity index (χ2n) is 4.72. The minimum Gasteiger partial charge on any atom is -0.394 e. The Morgan fingerprint density at radius 2 is 2.05 bits per heavy atom. The van der Waals surface area contributed by atoms with E-state index in [1.165, 1.54) is 6.92 Å². The third-order valence-corrected chi connectivity index (χ3v) is 3.46. The molecular weight excluding hydrogens is 272 g/mol. The summed E-state index contributed by atoms with van der Waals surface area (Å²) < 4.78 is 6.09. The number of aliphatic hydroxyl groups is 4. The van der Waals surface area contributed by atoms with Gasteiger partial charge in [-0.25, -0.2) is 4.79 Å². The fourth-order valence-corrected chi connectivity index (χ4v) is 2.27. The molecule has 1 unspecified atom stereocenters. The Morgan fingerprint density at radius 1 is 1.40 bits per heavy atom. The van der Waals surface area contributed by atoms with E-state index in [0.717, 1.165) is 10.8 Å². The summed E-state index contributed by atoms with van der Waals surface area (Å²) >= 11 is 0. The highest BCUT2D eigenvalue weighted by molar-refractivity contribution is 5.07. The molecule has 112 valence electrons. The number of ether oxygens (including phenoxy) is 1. The van der Waals surface area contributed by atoms with E-state index in [1.54, 1.807) is 0 Å². The SMILES string of the molecule is Cc1cn(C2(CO)O[C@H](CO)[C@@H](O)[C@H]2O)c(=O)[nH]c1=O. The molecule has 0 aliphatic carbocycles. The predicted molar refractivity (Wildman–Crippen MR) is 65.1 cm³/mol. The molecule has 1 aliphatic rings. The summed E-state index contributed by atoms with van der Waals surface area (Å²) in [5.74, 6) is 0. The molecule has 5 N–H and O–H groups in total. The zero-order valence-corrected chi connectivity index (χ0v) is 10.7. The van der Waals surface area contributed by atoms with Crippen LogP contribution >= 0.6 is 0 Å². The van der Waals surface area contributed by atoms with E-state index in [2.05, 4.69) is 0 Å². The molecule has 1 aromatic heterocycles. The second-order valence-corrected chi connectivity index (χ2v) is 4.72. The number of H-pyrrole nitrogens is 1. The molecule has 2 rings (SSSR count). The number of rotatable bonds is 3. The molecule has 1 fully saturated rings. The highest BCUT2D eigenvalue weighted by atomic mass is 16.6. The van der Waals surface area contributed by atoms with Crippen LogP contribution in [0.3, 0.4) is 0 Å². The summed E-state index contributed by atoms with van der Waals surface area (Å²) in [6, 6.07) is 0. The number of hydrogen-bond acceptors (Lipinski definition) is 7. The highest BCUT2D eigenvalue weighted by Crippen LogP contribution is 2.34. The monoisotopic (exact) mass is 288 g/mol. The van der Waals surface area contributed by atoms with Crippen molar-refractivity contribution in [3.63, 3.8) is 0 Å². The Kier molecular flexibility index (Phi) is 3.80. The van der Waals surface area contributed by atoms with Crippen molar-refractivity contribution < 1.29 is 25.2 Å².